The van der Waals surface area contributed by atoms with E-state index in [1.54, 1.807) is 49.5 Å². The highest BCUT2D eigenvalue weighted by Crippen LogP contribution is 2.29. The third kappa shape index (κ3) is 4.89. The molecule has 7 heteroatoms. The van der Waals surface area contributed by atoms with E-state index in [-0.39, 0.29) is 10.5 Å². The van der Waals surface area contributed by atoms with E-state index in [0.717, 1.165) is 25.0 Å². The lowest BCUT2D eigenvalue weighted by atomic mass is 10.1. The number of fused-ring (bicyclic) bond motifs is 1. The van der Waals surface area contributed by atoms with Crippen LogP contribution in [0.4, 0.5) is 5.69 Å². The number of anilines is 1. The lowest BCUT2D eigenvalue weighted by Crippen LogP contribution is -2.28. The van der Waals surface area contributed by atoms with Crippen molar-refractivity contribution >= 4 is 31.3 Å². The van der Waals surface area contributed by atoms with E-state index in [0.29, 0.717) is 23.4 Å². The summed E-state index contributed by atoms with van der Waals surface area (Å²) >= 11 is 0. The van der Waals surface area contributed by atoms with Crippen LogP contribution in [0.15, 0.2) is 65.6 Å². The summed E-state index contributed by atoms with van der Waals surface area (Å²) in [5.74, 6) is 0.541. The first-order valence-corrected chi connectivity index (χ1v) is 11.9. The quantitative estimate of drug-likeness (QED) is 0.381. The van der Waals surface area contributed by atoms with Crippen LogP contribution in [0, 0.1) is 5.41 Å². The molecule has 3 aromatic rings. The molecule has 0 spiro atoms. The maximum Gasteiger partial charge on any atom is 0.224 e. The molecule has 0 aromatic heterocycles. The van der Waals surface area contributed by atoms with Gasteiger partial charge in [-0.05, 0) is 42.7 Å². The van der Waals surface area contributed by atoms with Gasteiger partial charge < -0.3 is 15.0 Å². The summed E-state index contributed by atoms with van der Waals surface area (Å²) in [6, 6.07) is 17.6. The van der Waals surface area contributed by atoms with Crippen LogP contribution in [0.1, 0.15) is 19.4 Å². The van der Waals surface area contributed by atoms with Gasteiger partial charge in [-0.1, -0.05) is 50.2 Å². The molecule has 0 radical (unpaired) electrons. The number of rotatable bonds is 9. The fourth-order valence-corrected chi connectivity index (χ4v) is 4.95. The molecular weight excluding hydrogens is 410 g/mol. The molecule has 0 unspecified atom stereocenters. The Labute approximate surface area is 184 Å². The molecule has 31 heavy (non-hydrogen) atoms. The van der Waals surface area contributed by atoms with Crippen molar-refractivity contribution in [1.82, 2.24) is 4.90 Å². The Bertz CT molecular complexity index is 1170. The molecule has 0 saturated heterocycles. The van der Waals surface area contributed by atoms with Gasteiger partial charge in [0.15, 0.2) is 5.04 Å². The minimum absolute atomic E-state index is 0.130. The van der Waals surface area contributed by atoms with Crippen LogP contribution in [0.25, 0.3) is 10.8 Å². The maximum atomic E-state index is 13.4. The number of nitrogens with zero attached hydrogens (tertiary/aromatic N) is 1. The van der Waals surface area contributed by atoms with Gasteiger partial charge in [-0.25, -0.2) is 8.42 Å². The molecule has 0 saturated carbocycles. The van der Waals surface area contributed by atoms with Gasteiger partial charge >= 0.3 is 0 Å². The molecule has 3 aromatic carbocycles. The van der Waals surface area contributed by atoms with Gasteiger partial charge in [-0.15, -0.1) is 0 Å². The zero-order chi connectivity index (χ0) is 22.4. The first-order valence-electron chi connectivity index (χ1n) is 10.4. The van der Waals surface area contributed by atoms with Gasteiger partial charge in [0.25, 0.3) is 0 Å². The Morgan fingerprint density at radius 2 is 1.74 bits per heavy atom. The molecule has 0 aliphatic carbocycles. The van der Waals surface area contributed by atoms with Crippen LogP contribution in [0.2, 0.25) is 0 Å². The van der Waals surface area contributed by atoms with E-state index in [2.05, 4.69) is 24.1 Å². The van der Waals surface area contributed by atoms with E-state index in [9.17, 15) is 8.42 Å². The molecule has 0 fully saturated rings. The van der Waals surface area contributed by atoms with Crippen LogP contribution in [-0.4, -0.2) is 51.7 Å². The number of sulfone groups is 1. The molecule has 0 aliphatic rings. The zero-order valence-electron chi connectivity index (χ0n) is 18.2. The van der Waals surface area contributed by atoms with Gasteiger partial charge in [0.2, 0.25) is 9.84 Å². The number of nitrogens with one attached hydrogen (secondary N) is 2. The average molecular weight is 440 g/mol. The van der Waals surface area contributed by atoms with E-state index in [4.69, 9.17) is 10.1 Å². The minimum atomic E-state index is -4.03. The zero-order valence-corrected chi connectivity index (χ0v) is 19.0. The van der Waals surface area contributed by atoms with Crippen molar-refractivity contribution in [2.24, 2.45) is 0 Å². The monoisotopic (exact) mass is 439 g/mol. The van der Waals surface area contributed by atoms with Crippen molar-refractivity contribution in [2.45, 2.75) is 18.7 Å². The number of ether oxygens (including phenoxy) is 1. The number of likely N-dealkylation sites (N-methyl/N-ethyl adjacent to an activating group) is 1. The SMILES string of the molecule is CCN(CC)CCOc1ccc(NC)c(C(=N)S(=O)(=O)c2cccc3ccccc23)c1. The Hall–Kier alpha value is -2.90. The largest absolute Gasteiger partial charge is 0.492 e. The van der Waals surface area contributed by atoms with Crippen LogP contribution in [-0.2, 0) is 9.84 Å². The smallest absolute Gasteiger partial charge is 0.224 e. The molecule has 164 valence electrons. The summed E-state index contributed by atoms with van der Waals surface area (Å²) in [6.45, 7) is 7.35. The molecule has 0 atom stereocenters. The van der Waals surface area contributed by atoms with E-state index < -0.39 is 14.9 Å². The van der Waals surface area contributed by atoms with Gasteiger partial charge in [0, 0.05) is 30.2 Å². The van der Waals surface area contributed by atoms with Gasteiger partial charge in [-0.3, -0.25) is 5.41 Å². The third-order valence-electron chi connectivity index (χ3n) is 5.38. The molecule has 0 bridgehead atoms. The van der Waals surface area contributed by atoms with Crippen molar-refractivity contribution in [2.75, 3.05) is 38.6 Å². The normalized spacial score (nSPS) is 11.6. The Balaban J connectivity index is 1.94. The van der Waals surface area contributed by atoms with Gasteiger partial charge in [0.05, 0.1) is 4.90 Å². The van der Waals surface area contributed by atoms with Crippen molar-refractivity contribution in [3.63, 3.8) is 0 Å². The topological polar surface area (TPSA) is 82.5 Å². The molecule has 6 nitrogen and oxygen atoms in total. The van der Waals surface area contributed by atoms with Crippen LogP contribution in [0.3, 0.4) is 0 Å². The van der Waals surface area contributed by atoms with Crippen molar-refractivity contribution in [1.29, 1.82) is 5.41 Å². The fourth-order valence-electron chi connectivity index (χ4n) is 3.54. The van der Waals surface area contributed by atoms with Crippen molar-refractivity contribution in [3.8, 4) is 5.75 Å². The van der Waals surface area contributed by atoms with Gasteiger partial charge in [-0.2, -0.15) is 0 Å². The first-order chi connectivity index (χ1) is 14.9. The highest BCUT2D eigenvalue weighted by molar-refractivity contribution is 8.07. The average Bonchev–Trinajstić information content (AvgIpc) is 2.80. The summed E-state index contributed by atoms with van der Waals surface area (Å²) in [7, 11) is -2.32. The Kier molecular flexibility index (Phi) is 7.30. The van der Waals surface area contributed by atoms with E-state index in [1.807, 2.05) is 18.2 Å². The second-order valence-electron chi connectivity index (χ2n) is 7.14. The summed E-state index contributed by atoms with van der Waals surface area (Å²) in [5, 5.41) is 12.6. The minimum Gasteiger partial charge on any atom is -0.492 e. The summed E-state index contributed by atoms with van der Waals surface area (Å²) < 4.78 is 32.7. The predicted octanol–water partition coefficient (Wildman–Crippen LogP) is 4.40. The lowest BCUT2D eigenvalue weighted by molar-refractivity contribution is 0.223. The third-order valence-corrected chi connectivity index (χ3v) is 7.08. The van der Waals surface area contributed by atoms with Crippen LogP contribution in [0.5, 0.6) is 5.75 Å². The summed E-state index contributed by atoms with van der Waals surface area (Å²) in [4.78, 5) is 2.38. The highest BCUT2D eigenvalue weighted by atomic mass is 32.2. The summed E-state index contributed by atoms with van der Waals surface area (Å²) in [5.41, 5.74) is 0.848. The Morgan fingerprint density at radius 3 is 2.45 bits per heavy atom. The number of hydrogen-bond acceptors (Lipinski definition) is 6. The number of benzene rings is 3. The molecule has 0 aliphatic heterocycles. The number of hydrogen-bond donors (Lipinski definition) is 2. The van der Waals surface area contributed by atoms with Crippen molar-refractivity contribution in [3.05, 3.63) is 66.2 Å². The lowest BCUT2D eigenvalue weighted by Gasteiger charge is -2.19. The first kappa shape index (κ1) is 22.8. The molecule has 3 rings (SSSR count). The fraction of sp³-hybridized carbons (Fsp3) is 0.292. The maximum absolute atomic E-state index is 13.4. The van der Waals surface area contributed by atoms with Crippen LogP contribution >= 0.6 is 0 Å². The van der Waals surface area contributed by atoms with Gasteiger partial charge in [0.1, 0.15) is 12.4 Å². The Morgan fingerprint density at radius 1 is 1.03 bits per heavy atom. The van der Waals surface area contributed by atoms with Crippen LogP contribution < -0.4 is 10.1 Å². The molecule has 2 N–H and O–H groups in total. The summed E-state index contributed by atoms with van der Waals surface area (Å²) in [6.07, 6.45) is 0. The molecule has 0 amide bonds. The molecule has 0 heterocycles. The molecular formula is C24H29N3O3S. The standard InChI is InChI=1S/C24H29N3O3S/c1-4-27(5-2)15-16-30-19-13-14-22(26-3)21(17-19)24(25)31(28,29)23-12-8-10-18-9-6-7-11-20(18)23/h6-14,17,25-26H,4-5,15-16H2,1-3H3. The van der Waals surface area contributed by atoms with E-state index in [1.165, 1.54) is 0 Å². The second-order valence-corrected chi connectivity index (χ2v) is 9.00. The predicted molar refractivity (Wildman–Crippen MR) is 127 cm³/mol. The second kappa shape index (κ2) is 9.94. The highest BCUT2D eigenvalue weighted by Gasteiger charge is 2.26. The van der Waals surface area contributed by atoms with Crippen molar-refractivity contribution < 1.29 is 13.2 Å². The van der Waals surface area contributed by atoms with E-state index >= 15 is 0 Å².